The van der Waals surface area contributed by atoms with Gasteiger partial charge in [-0.1, -0.05) is 102 Å². The molecule has 224 valence electrons. The van der Waals surface area contributed by atoms with Crippen LogP contribution in [-0.4, -0.2) is 47.9 Å². The van der Waals surface area contributed by atoms with Crippen molar-refractivity contribution in [2.45, 2.75) is 123 Å². The average Bonchev–Trinajstić information content (AvgIpc) is 2.92. The zero-order chi connectivity index (χ0) is 29.7. The molecule has 8 nitrogen and oxygen atoms in total. The van der Waals surface area contributed by atoms with E-state index in [-0.39, 0.29) is 24.7 Å². The zero-order valence-electron chi connectivity index (χ0n) is 24.8. The molecule has 6 atom stereocenters. The second-order valence-electron chi connectivity index (χ2n) is 11.2. The molecule has 0 radical (unpaired) electrons. The molecule has 2 rings (SSSR count). The Morgan fingerprint density at radius 1 is 0.900 bits per heavy atom. The second kappa shape index (κ2) is 17.3. The maximum atomic E-state index is 13.4. The fourth-order valence-corrected chi connectivity index (χ4v) is 5.08. The molecule has 1 saturated heterocycles. The Labute approximate surface area is 244 Å². The van der Waals surface area contributed by atoms with Gasteiger partial charge in [-0.15, -0.1) is 0 Å². The Bertz CT molecular complexity index is 987. The smallest absolute Gasteiger partial charge is 0.329 e. The summed E-state index contributed by atoms with van der Waals surface area (Å²) in [5, 5.41) is 8.78. The van der Waals surface area contributed by atoms with Gasteiger partial charge in [0, 0.05) is 11.4 Å². The number of nitrogens with one attached hydrogen (secondary N) is 3. The van der Waals surface area contributed by atoms with Crippen LogP contribution in [0.15, 0.2) is 24.3 Å². The van der Waals surface area contributed by atoms with E-state index in [2.05, 4.69) is 22.9 Å². The molecule has 0 aliphatic carbocycles. The van der Waals surface area contributed by atoms with Crippen LogP contribution in [0.2, 0.25) is 5.02 Å². The third-order valence-corrected chi connectivity index (χ3v) is 8.22. The summed E-state index contributed by atoms with van der Waals surface area (Å²) in [6.07, 6.45) is 7.66. The van der Waals surface area contributed by atoms with Gasteiger partial charge in [0.25, 0.3) is 0 Å². The SMILES string of the molecule is CCCCCCCCC(C)C1CC(=O)NC(Cc2ccccc2Cl)C(=O)NC(C)C(=O)NC(C(C)CC)C(=O)O1. The monoisotopic (exact) mass is 577 g/mol. The van der Waals surface area contributed by atoms with Crippen LogP contribution in [0.5, 0.6) is 0 Å². The first-order chi connectivity index (χ1) is 19.1. The molecule has 0 aromatic heterocycles. The highest BCUT2D eigenvalue weighted by molar-refractivity contribution is 6.31. The minimum absolute atomic E-state index is 0.0749. The van der Waals surface area contributed by atoms with Crippen molar-refractivity contribution in [2.75, 3.05) is 0 Å². The van der Waals surface area contributed by atoms with Crippen molar-refractivity contribution >= 4 is 35.3 Å². The number of ether oxygens (including phenoxy) is 1. The Kier molecular flexibility index (Phi) is 14.5. The van der Waals surface area contributed by atoms with Gasteiger partial charge in [-0.3, -0.25) is 14.4 Å². The molecule has 1 aliphatic heterocycles. The second-order valence-corrected chi connectivity index (χ2v) is 11.6. The van der Waals surface area contributed by atoms with Crippen LogP contribution < -0.4 is 16.0 Å². The number of esters is 1. The number of amides is 3. The maximum Gasteiger partial charge on any atom is 0.329 e. The predicted molar refractivity (Wildman–Crippen MR) is 158 cm³/mol. The third-order valence-electron chi connectivity index (χ3n) is 7.85. The van der Waals surface area contributed by atoms with E-state index in [0.29, 0.717) is 17.0 Å². The molecule has 0 bridgehead atoms. The van der Waals surface area contributed by atoms with Crippen molar-refractivity contribution in [2.24, 2.45) is 11.8 Å². The van der Waals surface area contributed by atoms with E-state index in [0.717, 1.165) is 25.7 Å². The topological polar surface area (TPSA) is 114 Å². The van der Waals surface area contributed by atoms with Crippen LogP contribution >= 0.6 is 11.6 Å². The standard InChI is InChI=1S/C31H48ClN3O5/c1-6-8-9-10-11-12-15-21(4)26-19-27(36)34-25(18-23-16-13-14-17-24(23)32)30(38)33-22(5)29(37)35-28(20(3)7-2)31(39)40-26/h13-14,16-17,20-22,25-26,28H,6-12,15,18-19H2,1-5H3,(H,33,38)(H,34,36)(H,35,37). The summed E-state index contributed by atoms with van der Waals surface area (Å²) in [6.45, 7) is 9.52. The van der Waals surface area contributed by atoms with Crippen LogP contribution in [-0.2, 0) is 30.3 Å². The first kappa shape index (κ1) is 33.6. The van der Waals surface area contributed by atoms with Crippen molar-refractivity contribution < 1.29 is 23.9 Å². The van der Waals surface area contributed by atoms with E-state index in [1.807, 2.05) is 26.8 Å². The Morgan fingerprint density at radius 2 is 1.57 bits per heavy atom. The maximum absolute atomic E-state index is 13.4. The van der Waals surface area contributed by atoms with Gasteiger partial charge < -0.3 is 20.7 Å². The lowest BCUT2D eigenvalue weighted by Gasteiger charge is -2.29. The normalized spacial score (nSPS) is 24.4. The Balaban J connectivity index is 2.30. The van der Waals surface area contributed by atoms with Gasteiger partial charge in [-0.05, 0) is 36.8 Å². The molecular formula is C31H48ClN3O5. The molecule has 0 spiro atoms. The number of unbranched alkanes of at least 4 members (excludes halogenated alkanes) is 5. The van der Waals surface area contributed by atoms with Crippen molar-refractivity contribution in [3.05, 3.63) is 34.9 Å². The van der Waals surface area contributed by atoms with Crippen LogP contribution in [0.25, 0.3) is 0 Å². The van der Waals surface area contributed by atoms with Gasteiger partial charge in [0.1, 0.15) is 24.2 Å². The molecule has 6 unspecified atom stereocenters. The molecule has 40 heavy (non-hydrogen) atoms. The number of cyclic esters (lactones) is 1. The van der Waals surface area contributed by atoms with E-state index in [9.17, 15) is 19.2 Å². The van der Waals surface area contributed by atoms with Gasteiger partial charge in [-0.2, -0.15) is 0 Å². The summed E-state index contributed by atoms with van der Waals surface area (Å²) < 4.78 is 5.97. The molecule has 1 fully saturated rings. The van der Waals surface area contributed by atoms with Gasteiger partial charge in [0.05, 0.1) is 6.42 Å². The van der Waals surface area contributed by atoms with Crippen molar-refractivity contribution in [1.82, 2.24) is 16.0 Å². The zero-order valence-corrected chi connectivity index (χ0v) is 25.5. The van der Waals surface area contributed by atoms with Crippen molar-refractivity contribution in [3.8, 4) is 0 Å². The number of benzene rings is 1. The minimum atomic E-state index is -0.959. The predicted octanol–water partition coefficient (Wildman–Crippen LogP) is 5.11. The molecule has 9 heteroatoms. The van der Waals surface area contributed by atoms with Gasteiger partial charge >= 0.3 is 5.97 Å². The van der Waals surface area contributed by atoms with Crippen molar-refractivity contribution in [1.29, 1.82) is 0 Å². The Hall–Kier alpha value is -2.61. The first-order valence-corrected chi connectivity index (χ1v) is 15.3. The van der Waals surface area contributed by atoms with Crippen LogP contribution in [0.3, 0.4) is 0 Å². The number of hydrogen-bond acceptors (Lipinski definition) is 5. The summed E-state index contributed by atoms with van der Waals surface area (Å²) in [4.78, 5) is 53.0. The fraction of sp³-hybridized carbons (Fsp3) is 0.677. The molecule has 3 amide bonds. The third kappa shape index (κ3) is 10.8. The van der Waals surface area contributed by atoms with E-state index in [1.165, 1.54) is 19.3 Å². The molecular weight excluding hydrogens is 530 g/mol. The largest absolute Gasteiger partial charge is 0.460 e. The summed E-state index contributed by atoms with van der Waals surface area (Å²) >= 11 is 6.34. The highest BCUT2D eigenvalue weighted by Gasteiger charge is 2.35. The lowest BCUT2D eigenvalue weighted by atomic mass is 9.93. The fourth-order valence-electron chi connectivity index (χ4n) is 4.87. The Morgan fingerprint density at radius 3 is 2.25 bits per heavy atom. The van der Waals surface area contributed by atoms with Crippen LogP contribution in [0, 0.1) is 11.8 Å². The van der Waals surface area contributed by atoms with E-state index < -0.39 is 47.9 Å². The number of halogens is 1. The number of rotatable bonds is 12. The minimum Gasteiger partial charge on any atom is -0.460 e. The highest BCUT2D eigenvalue weighted by atomic mass is 35.5. The number of hydrogen-bond donors (Lipinski definition) is 3. The van der Waals surface area contributed by atoms with Crippen LogP contribution in [0.4, 0.5) is 0 Å². The number of carbonyl (C=O) groups excluding carboxylic acids is 4. The lowest BCUT2D eigenvalue weighted by Crippen LogP contribution is -2.55. The molecule has 0 saturated carbocycles. The van der Waals surface area contributed by atoms with Gasteiger partial charge in [0.15, 0.2) is 0 Å². The number of carbonyl (C=O) groups is 4. The molecule has 1 aliphatic rings. The summed E-state index contributed by atoms with van der Waals surface area (Å²) in [6, 6.07) is 4.34. The summed E-state index contributed by atoms with van der Waals surface area (Å²) in [5.41, 5.74) is 0.697. The summed E-state index contributed by atoms with van der Waals surface area (Å²) in [5.74, 6) is -2.21. The lowest BCUT2D eigenvalue weighted by molar-refractivity contribution is -0.158. The molecule has 1 aromatic rings. The highest BCUT2D eigenvalue weighted by Crippen LogP contribution is 2.23. The van der Waals surface area contributed by atoms with Crippen molar-refractivity contribution in [3.63, 3.8) is 0 Å². The van der Waals surface area contributed by atoms with Gasteiger partial charge in [0.2, 0.25) is 17.7 Å². The first-order valence-electron chi connectivity index (χ1n) is 14.9. The molecule has 1 aromatic carbocycles. The average molecular weight is 578 g/mol. The van der Waals surface area contributed by atoms with Crippen LogP contribution in [0.1, 0.15) is 98.0 Å². The van der Waals surface area contributed by atoms with E-state index in [4.69, 9.17) is 16.3 Å². The molecule has 3 N–H and O–H groups in total. The van der Waals surface area contributed by atoms with E-state index in [1.54, 1.807) is 25.1 Å². The summed E-state index contributed by atoms with van der Waals surface area (Å²) in [7, 11) is 0. The van der Waals surface area contributed by atoms with E-state index >= 15 is 0 Å². The molecule has 1 heterocycles. The quantitative estimate of drug-likeness (QED) is 0.236. The van der Waals surface area contributed by atoms with Gasteiger partial charge in [-0.25, -0.2) is 4.79 Å².